The Morgan fingerprint density at radius 2 is 2.32 bits per heavy atom. The molecule has 1 saturated carbocycles. The van der Waals surface area contributed by atoms with Crippen LogP contribution in [-0.4, -0.2) is 22.1 Å². The number of nitrogens with zero attached hydrogens (tertiary/aromatic N) is 2. The lowest BCUT2D eigenvalue weighted by atomic mass is 9.75. The van der Waals surface area contributed by atoms with E-state index in [4.69, 9.17) is 4.52 Å². The van der Waals surface area contributed by atoms with Gasteiger partial charge in [-0.25, -0.2) is 0 Å². The maximum absolute atomic E-state index is 12.3. The van der Waals surface area contributed by atoms with Crippen LogP contribution in [-0.2, 0) is 0 Å². The normalized spacial score (nSPS) is 20.5. The van der Waals surface area contributed by atoms with Gasteiger partial charge in [-0.3, -0.25) is 9.78 Å². The van der Waals surface area contributed by atoms with Gasteiger partial charge in [0.2, 0.25) is 0 Å². The van der Waals surface area contributed by atoms with Crippen LogP contribution in [0.1, 0.15) is 50.0 Å². The van der Waals surface area contributed by atoms with Crippen LogP contribution in [0.2, 0.25) is 0 Å². The second-order valence-corrected chi connectivity index (χ2v) is 6.75. The van der Waals surface area contributed by atoms with Crippen LogP contribution in [0, 0.1) is 5.41 Å². The van der Waals surface area contributed by atoms with Crippen molar-refractivity contribution in [3.63, 3.8) is 0 Å². The third-order valence-corrected chi connectivity index (χ3v) is 4.23. The second-order valence-electron chi connectivity index (χ2n) is 6.75. The Bertz CT molecular complexity index is 649. The van der Waals surface area contributed by atoms with Gasteiger partial charge in [-0.2, -0.15) is 0 Å². The SMILES string of the molecule is CC1(C)CCCC(NC(=O)c2cc(-c3cccnc3)on2)C1. The zero-order valence-corrected chi connectivity index (χ0v) is 13.0. The molecule has 0 aromatic carbocycles. The molecule has 5 heteroatoms. The Labute approximate surface area is 130 Å². The maximum Gasteiger partial charge on any atom is 0.273 e. The lowest BCUT2D eigenvalue weighted by molar-refractivity contribution is 0.0893. The van der Waals surface area contributed by atoms with E-state index in [-0.39, 0.29) is 11.9 Å². The van der Waals surface area contributed by atoms with Crippen LogP contribution in [0.3, 0.4) is 0 Å². The molecule has 2 heterocycles. The minimum atomic E-state index is -0.165. The van der Waals surface area contributed by atoms with Gasteiger partial charge in [0.15, 0.2) is 11.5 Å². The number of aromatic nitrogens is 2. The summed E-state index contributed by atoms with van der Waals surface area (Å²) in [6.07, 6.45) is 7.78. The molecule has 2 aromatic heterocycles. The van der Waals surface area contributed by atoms with Crippen molar-refractivity contribution >= 4 is 5.91 Å². The molecule has 1 N–H and O–H groups in total. The Kier molecular flexibility index (Phi) is 3.96. The molecule has 116 valence electrons. The number of hydrogen-bond donors (Lipinski definition) is 1. The Balaban J connectivity index is 1.67. The van der Waals surface area contributed by atoms with E-state index in [1.807, 2.05) is 12.1 Å². The average Bonchev–Trinajstić information content (AvgIpc) is 2.97. The molecule has 1 atom stereocenters. The first-order valence-electron chi connectivity index (χ1n) is 7.71. The fraction of sp³-hybridized carbons (Fsp3) is 0.471. The number of hydrogen-bond acceptors (Lipinski definition) is 4. The van der Waals surface area contributed by atoms with E-state index in [2.05, 4.69) is 29.3 Å². The minimum Gasteiger partial charge on any atom is -0.355 e. The van der Waals surface area contributed by atoms with Crippen LogP contribution in [0.15, 0.2) is 35.1 Å². The summed E-state index contributed by atoms with van der Waals surface area (Å²) in [6, 6.07) is 5.58. The molecular weight excluding hydrogens is 278 g/mol. The van der Waals surface area contributed by atoms with Crippen molar-refractivity contribution in [2.45, 2.75) is 45.6 Å². The molecule has 1 fully saturated rings. The van der Waals surface area contributed by atoms with Crippen molar-refractivity contribution in [3.8, 4) is 11.3 Å². The van der Waals surface area contributed by atoms with E-state index in [1.54, 1.807) is 18.5 Å². The summed E-state index contributed by atoms with van der Waals surface area (Å²) in [6.45, 7) is 4.50. The first-order valence-corrected chi connectivity index (χ1v) is 7.71. The van der Waals surface area contributed by atoms with Gasteiger partial charge in [0.05, 0.1) is 0 Å². The number of pyridine rings is 1. The first kappa shape index (κ1) is 14.8. The molecule has 3 rings (SSSR count). The molecule has 1 amide bonds. The highest BCUT2D eigenvalue weighted by atomic mass is 16.5. The summed E-state index contributed by atoms with van der Waals surface area (Å²) in [5.41, 5.74) is 1.43. The molecule has 0 saturated heterocycles. The summed E-state index contributed by atoms with van der Waals surface area (Å²) in [7, 11) is 0. The zero-order chi connectivity index (χ0) is 15.6. The van der Waals surface area contributed by atoms with Crippen LogP contribution < -0.4 is 5.32 Å². The van der Waals surface area contributed by atoms with Gasteiger partial charge in [0, 0.05) is 30.1 Å². The van der Waals surface area contributed by atoms with Crippen LogP contribution >= 0.6 is 0 Å². The lowest BCUT2D eigenvalue weighted by Crippen LogP contribution is -2.40. The minimum absolute atomic E-state index is 0.165. The summed E-state index contributed by atoms with van der Waals surface area (Å²) in [4.78, 5) is 16.4. The van der Waals surface area contributed by atoms with Gasteiger partial charge in [0.1, 0.15) is 0 Å². The third-order valence-electron chi connectivity index (χ3n) is 4.23. The van der Waals surface area contributed by atoms with Crippen molar-refractivity contribution < 1.29 is 9.32 Å². The smallest absolute Gasteiger partial charge is 0.273 e. The van der Waals surface area contributed by atoms with Crippen molar-refractivity contribution in [2.24, 2.45) is 5.41 Å². The monoisotopic (exact) mass is 299 g/mol. The van der Waals surface area contributed by atoms with Crippen molar-refractivity contribution in [1.82, 2.24) is 15.5 Å². The van der Waals surface area contributed by atoms with E-state index in [0.29, 0.717) is 16.9 Å². The van der Waals surface area contributed by atoms with Gasteiger partial charge in [-0.15, -0.1) is 0 Å². The molecule has 2 aromatic rings. The van der Waals surface area contributed by atoms with Gasteiger partial charge >= 0.3 is 0 Å². The summed E-state index contributed by atoms with van der Waals surface area (Å²) in [5, 5.41) is 6.96. The fourth-order valence-electron chi connectivity index (χ4n) is 3.11. The van der Waals surface area contributed by atoms with Crippen molar-refractivity contribution in [3.05, 3.63) is 36.3 Å². The van der Waals surface area contributed by atoms with Crippen molar-refractivity contribution in [1.29, 1.82) is 0 Å². The van der Waals surface area contributed by atoms with E-state index in [0.717, 1.165) is 24.8 Å². The standard InChI is InChI=1S/C17H21N3O2/c1-17(2)7-3-6-13(10-17)19-16(21)14-9-15(22-20-14)12-5-4-8-18-11-12/h4-5,8-9,11,13H,3,6-7,10H2,1-2H3,(H,19,21). The summed E-state index contributed by atoms with van der Waals surface area (Å²) >= 11 is 0. The highest BCUT2D eigenvalue weighted by molar-refractivity contribution is 5.93. The third kappa shape index (κ3) is 3.35. The predicted molar refractivity (Wildman–Crippen MR) is 83.2 cm³/mol. The topological polar surface area (TPSA) is 68.0 Å². The number of amides is 1. The van der Waals surface area contributed by atoms with Crippen LogP contribution in [0.4, 0.5) is 0 Å². The van der Waals surface area contributed by atoms with Gasteiger partial charge in [-0.1, -0.05) is 25.4 Å². The molecular formula is C17H21N3O2. The number of nitrogens with one attached hydrogen (secondary N) is 1. The molecule has 22 heavy (non-hydrogen) atoms. The van der Waals surface area contributed by atoms with E-state index in [1.165, 1.54) is 6.42 Å². The maximum atomic E-state index is 12.3. The number of carbonyl (C=O) groups excluding carboxylic acids is 1. The Morgan fingerprint density at radius 1 is 1.45 bits per heavy atom. The highest BCUT2D eigenvalue weighted by Gasteiger charge is 2.29. The highest BCUT2D eigenvalue weighted by Crippen LogP contribution is 2.35. The molecule has 5 nitrogen and oxygen atoms in total. The molecule has 1 aliphatic rings. The zero-order valence-electron chi connectivity index (χ0n) is 13.0. The first-order chi connectivity index (χ1) is 10.5. The number of carbonyl (C=O) groups is 1. The van der Waals surface area contributed by atoms with E-state index >= 15 is 0 Å². The predicted octanol–water partition coefficient (Wildman–Crippen LogP) is 3.44. The summed E-state index contributed by atoms with van der Waals surface area (Å²) < 4.78 is 5.25. The number of rotatable bonds is 3. The van der Waals surface area contributed by atoms with E-state index < -0.39 is 0 Å². The van der Waals surface area contributed by atoms with Crippen molar-refractivity contribution in [2.75, 3.05) is 0 Å². The Hall–Kier alpha value is -2.17. The fourth-order valence-corrected chi connectivity index (χ4v) is 3.11. The lowest BCUT2D eigenvalue weighted by Gasteiger charge is -2.35. The Morgan fingerprint density at radius 3 is 3.05 bits per heavy atom. The average molecular weight is 299 g/mol. The largest absolute Gasteiger partial charge is 0.355 e. The summed E-state index contributed by atoms with van der Waals surface area (Å²) in [5.74, 6) is 0.392. The van der Waals surface area contributed by atoms with Gasteiger partial charge in [-0.05, 0) is 36.8 Å². The molecule has 1 unspecified atom stereocenters. The molecule has 0 bridgehead atoms. The molecule has 0 spiro atoms. The molecule has 0 aliphatic heterocycles. The van der Waals surface area contributed by atoms with Crippen LogP contribution in [0.25, 0.3) is 11.3 Å². The quantitative estimate of drug-likeness (QED) is 0.942. The molecule has 0 radical (unpaired) electrons. The molecule has 1 aliphatic carbocycles. The van der Waals surface area contributed by atoms with Crippen LogP contribution in [0.5, 0.6) is 0 Å². The van der Waals surface area contributed by atoms with E-state index in [9.17, 15) is 4.79 Å². The second kappa shape index (κ2) is 5.91. The van der Waals surface area contributed by atoms with Gasteiger partial charge in [0.25, 0.3) is 5.91 Å². The van der Waals surface area contributed by atoms with Gasteiger partial charge < -0.3 is 9.84 Å².